The Kier molecular flexibility index (Phi) is 8.05. The van der Waals surface area contributed by atoms with Gasteiger partial charge in [-0.05, 0) is 18.2 Å². The summed E-state index contributed by atoms with van der Waals surface area (Å²) in [6.45, 7) is 0. The molecule has 1 aliphatic rings. The standard InChI is InChI=1S/C58H38GeN4/c1-5-20-39(21-6-1)55-54-56(47-31-13-16-33-49(47)59(54,41-23-7-2-8-24-41)42-25-9-3-10-26-42)61-58(60-55)40-22-19-29-44(38-40)62-51-35-18-15-32-48(51)53-52(62)37-36-46-45-30-14-17-34-50(45)63(57(46)53)43-27-11-4-12-28-43/h1-38H. The van der Waals surface area contributed by atoms with Crippen LogP contribution in [-0.4, -0.2) is 32.4 Å². The fraction of sp³-hybridized carbons (Fsp3) is 0. The number of benzene rings is 9. The van der Waals surface area contributed by atoms with Gasteiger partial charge in [-0.15, -0.1) is 0 Å². The van der Waals surface area contributed by atoms with Crippen molar-refractivity contribution in [1.82, 2.24) is 19.1 Å². The molecule has 0 amide bonds. The monoisotopic (exact) mass is 864 g/mol. The van der Waals surface area contributed by atoms with Crippen LogP contribution < -0.4 is 17.6 Å². The van der Waals surface area contributed by atoms with Crippen molar-refractivity contribution in [3.05, 3.63) is 231 Å². The molecule has 0 atom stereocenters. The van der Waals surface area contributed by atoms with E-state index in [9.17, 15) is 0 Å². The van der Waals surface area contributed by atoms with Gasteiger partial charge >= 0.3 is 298 Å². The normalized spacial score (nSPS) is 12.9. The second kappa shape index (κ2) is 14.1. The molecule has 63 heavy (non-hydrogen) atoms. The summed E-state index contributed by atoms with van der Waals surface area (Å²) in [7, 11) is 0. The molecule has 0 saturated carbocycles. The first-order valence-corrected chi connectivity index (χ1v) is 25.8. The van der Waals surface area contributed by atoms with Crippen molar-refractivity contribution in [2.75, 3.05) is 0 Å². The van der Waals surface area contributed by atoms with Crippen LogP contribution in [0, 0.1) is 0 Å². The SMILES string of the molecule is c1ccc(-c2nc(-c3cccc(-n4c5ccccc5c5c4ccc4c6ccccc6n(-c6ccccc6)c45)c3)nc3[c]2[Ge]([c]2ccccc2)([c]2ccccc2)[c]2ccccc2-3)cc1. The maximum atomic E-state index is 5.69. The summed E-state index contributed by atoms with van der Waals surface area (Å²) >= 11 is -3.67. The molecule has 0 fully saturated rings. The Morgan fingerprint density at radius 3 is 1.65 bits per heavy atom. The average Bonchev–Trinajstić information content (AvgIpc) is 3.99. The molecular formula is C58H38GeN4. The Balaban J connectivity index is 1.08. The van der Waals surface area contributed by atoms with E-state index in [0.29, 0.717) is 0 Å². The first-order chi connectivity index (χ1) is 31.3. The first-order valence-electron chi connectivity index (χ1n) is 21.6. The predicted octanol–water partition coefficient (Wildman–Crippen LogP) is 11.4. The van der Waals surface area contributed by atoms with Gasteiger partial charge in [0.25, 0.3) is 0 Å². The molecule has 0 aliphatic carbocycles. The molecule has 1 aliphatic heterocycles. The van der Waals surface area contributed by atoms with E-state index in [1.807, 2.05) is 0 Å². The third-order valence-corrected chi connectivity index (χ3v) is 23.4. The Hall–Kier alpha value is -7.80. The summed E-state index contributed by atoms with van der Waals surface area (Å²) < 4.78 is 10.3. The van der Waals surface area contributed by atoms with Gasteiger partial charge in [0, 0.05) is 11.1 Å². The Bertz CT molecular complexity index is 3690. The van der Waals surface area contributed by atoms with Crippen LogP contribution in [0.25, 0.3) is 88.9 Å². The summed E-state index contributed by atoms with van der Waals surface area (Å²) in [5.41, 5.74) is 12.3. The summed E-state index contributed by atoms with van der Waals surface area (Å²) in [5.74, 6) is 0.718. The average molecular weight is 864 g/mol. The van der Waals surface area contributed by atoms with Crippen LogP contribution in [0.1, 0.15) is 0 Å². The number of aromatic nitrogens is 4. The molecular weight excluding hydrogens is 825 g/mol. The summed E-state index contributed by atoms with van der Waals surface area (Å²) in [4.78, 5) is 11.4. The molecule has 0 saturated heterocycles. The molecule has 294 valence electrons. The van der Waals surface area contributed by atoms with Gasteiger partial charge in [-0.3, -0.25) is 0 Å². The second-order valence-corrected chi connectivity index (χ2v) is 24.2. The number of fused-ring (bicyclic) bond motifs is 10. The zero-order chi connectivity index (χ0) is 41.5. The Morgan fingerprint density at radius 2 is 0.921 bits per heavy atom. The maximum absolute atomic E-state index is 5.69. The van der Waals surface area contributed by atoms with Crippen molar-refractivity contribution < 1.29 is 0 Å². The van der Waals surface area contributed by atoms with Crippen LogP contribution in [-0.2, 0) is 0 Å². The van der Waals surface area contributed by atoms with Gasteiger partial charge in [0.2, 0.25) is 0 Å². The molecule has 0 bridgehead atoms. The number of rotatable bonds is 6. The fourth-order valence-corrected chi connectivity index (χ4v) is 21.6. The van der Waals surface area contributed by atoms with Gasteiger partial charge in [-0.2, -0.15) is 0 Å². The van der Waals surface area contributed by atoms with Crippen molar-refractivity contribution in [1.29, 1.82) is 0 Å². The van der Waals surface area contributed by atoms with Crippen LogP contribution in [0.5, 0.6) is 0 Å². The first kappa shape index (κ1) is 35.9. The molecule has 0 N–H and O–H groups in total. The van der Waals surface area contributed by atoms with E-state index >= 15 is 0 Å². The fourth-order valence-electron chi connectivity index (χ4n) is 10.7. The van der Waals surface area contributed by atoms with Gasteiger partial charge in [0.1, 0.15) is 0 Å². The molecule has 4 heterocycles. The minimum absolute atomic E-state index is 0.718. The number of nitrogens with zero attached hydrogens (tertiary/aromatic N) is 4. The number of hydrogen-bond donors (Lipinski definition) is 0. The van der Waals surface area contributed by atoms with E-state index < -0.39 is 13.3 Å². The van der Waals surface area contributed by atoms with Gasteiger partial charge in [0.15, 0.2) is 0 Å². The summed E-state index contributed by atoms with van der Waals surface area (Å²) in [6.07, 6.45) is 0. The molecule has 9 aromatic carbocycles. The van der Waals surface area contributed by atoms with E-state index in [1.165, 1.54) is 55.7 Å². The van der Waals surface area contributed by atoms with Crippen LogP contribution in [0.2, 0.25) is 0 Å². The second-order valence-electron chi connectivity index (χ2n) is 16.5. The molecule has 4 nitrogen and oxygen atoms in total. The predicted molar refractivity (Wildman–Crippen MR) is 264 cm³/mol. The van der Waals surface area contributed by atoms with E-state index in [4.69, 9.17) is 9.97 Å². The van der Waals surface area contributed by atoms with E-state index in [0.717, 1.165) is 50.7 Å². The van der Waals surface area contributed by atoms with Crippen LogP contribution in [0.3, 0.4) is 0 Å². The van der Waals surface area contributed by atoms with Crippen molar-refractivity contribution >= 4 is 74.5 Å². The van der Waals surface area contributed by atoms with E-state index in [-0.39, 0.29) is 0 Å². The number of hydrogen-bond acceptors (Lipinski definition) is 2. The van der Waals surface area contributed by atoms with Crippen LogP contribution in [0.15, 0.2) is 231 Å². The van der Waals surface area contributed by atoms with Gasteiger partial charge in [-0.25, -0.2) is 0 Å². The van der Waals surface area contributed by atoms with Crippen LogP contribution in [0.4, 0.5) is 0 Å². The van der Waals surface area contributed by atoms with Gasteiger partial charge in [-0.1, -0.05) is 36.4 Å². The minimum atomic E-state index is -3.67. The quantitative estimate of drug-likeness (QED) is 0.156. The van der Waals surface area contributed by atoms with Crippen molar-refractivity contribution in [3.8, 4) is 45.3 Å². The van der Waals surface area contributed by atoms with Crippen molar-refractivity contribution in [2.45, 2.75) is 0 Å². The topological polar surface area (TPSA) is 35.6 Å². The molecule has 5 heteroatoms. The molecule has 0 unspecified atom stereocenters. The Labute approximate surface area is 367 Å². The summed E-state index contributed by atoms with van der Waals surface area (Å²) in [5, 5.41) is 4.93. The molecule has 0 radical (unpaired) electrons. The summed E-state index contributed by atoms with van der Waals surface area (Å²) in [6, 6.07) is 83.9. The van der Waals surface area contributed by atoms with Gasteiger partial charge in [0.05, 0.1) is 5.52 Å². The van der Waals surface area contributed by atoms with Gasteiger partial charge < -0.3 is 0 Å². The third-order valence-electron chi connectivity index (χ3n) is 13.2. The van der Waals surface area contributed by atoms with E-state index in [1.54, 1.807) is 0 Å². The zero-order valence-electron chi connectivity index (χ0n) is 34.2. The van der Waals surface area contributed by atoms with Crippen molar-refractivity contribution in [2.24, 2.45) is 0 Å². The number of para-hydroxylation sites is 3. The molecule has 12 aromatic rings. The Morgan fingerprint density at radius 1 is 0.365 bits per heavy atom. The molecule has 0 spiro atoms. The molecule has 13 rings (SSSR count). The zero-order valence-corrected chi connectivity index (χ0v) is 36.3. The van der Waals surface area contributed by atoms with Crippen LogP contribution >= 0.6 is 0 Å². The molecule has 3 aromatic heterocycles. The van der Waals surface area contributed by atoms with E-state index in [2.05, 4.69) is 240 Å². The van der Waals surface area contributed by atoms with Crippen molar-refractivity contribution in [3.63, 3.8) is 0 Å². The third kappa shape index (κ3) is 5.22.